The van der Waals surface area contributed by atoms with Gasteiger partial charge in [-0.15, -0.1) is 11.6 Å². The van der Waals surface area contributed by atoms with Gasteiger partial charge in [0.2, 0.25) is 6.29 Å². The van der Waals surface area contributed by atoms with E-state index in [-0.39, 0.29) is 12.3 Å². The number of carbonyl (C=O) groups is 2. The minimum atomic E-state index is -1.00. The summed E-state index contributed by atoms with van der Waals surface area (Å²) >= 11 is 5.69. The lowest BCUT2D eigenvalue weighted by Crippen LogP contribution is -2.24. The lowest BCUT2D eigenvalue weighted by molar-refractivity contribution is -0.153. The highest BCUT2D eigenvalue weighted by molar-refractivity contribution is 6.44. The van der Waals surface area contributed by atoms with Crippen molar-refractivity contribution in [2.24, 2.45) is 4.99 Å². The minimum Gasteiger partial charge on any atom is -0.468 e. The molecule has 1 heterocycles. The van der Waals surface area contributed by atoms with Crippen LogP contribution >= 0.6 is 11.6 Å². The van der Waals surface area contributed by atoms with E-state index in [1.807, 2.05) is 0 Å². The topological polar surface area (TPSA) is 74.2 Å². The first-order valence-corrected chi connectivity index (χ1v) is 4.52. The van der Waals surface area contributed by atoms with Crippen molar-refractivity contribution in [2.45, 2.75) is 11.7 Å². The van der Waals surface area contributed by atoms with Crippen molar-refractivity contribution in [1.29, 1.82) is 0 Å². The molecule has 7 heteroatoms. The Morgan fingerprint density at radius 1 is 1.60 bits per heavy atom. The van der Waals surface area contributed by atoms with Crippen LogP contribution in [-0.4, -0.2) is 50.1 Å². The van der Waals surface area contributed by atoms with Crippen LogP contribution in [0.2, 0.25) is 0 Å². The smallest absolute Gasteiger partial charge is 0.332 e. The van der Waals surface area contributed by atoms with Crippen LogP contribution in [0.3, 0.4) is 0 Å². The number of methoxy groups -OCH3 is 2. The molecule has 84 valence electrons. The lowest BCUT2D eigenvalue weighted by atomic mass is 10.3. The molecule has 1 fully saturated rings. The van der Waals surface area contributed by atoms with E-state index in [0.29, 0.717) is 0 Å². The normalized spacial score (nSPS) is 27.9. The monoisotopic (exact) mass is 235 g/mol. The van der Waals surface area contributed by atoms with Crippen LogP contribution < -0.4 is 0 Å². The second kappa shape index (κ2) is 5.09. The zero-order valence-corrected chi connectivity index (χ0v) is 8.98. The summed E-state index contributed by atoms with van der Waals surface area (Å²) in [4.78, 5) is 25.7. The molecule has 0 bridgehead atoms. The summed E-state index contributed by atoms with van der Waals surface area (Å²) in [6.45, 7) is -0.217. The Balaban J connectivity index is 2.72. The molecular weight excluding hydrogens is 226 g/mol. The zero-order valence-electron chi connectivity index (χ0n) is 8.23. The third kappa shape index (κ3) is 2.66. The number of esters is 2. The molecule has 1 rings (SSSR count). The van der Waals surface area contributed by atoms with Gasteiger partial charge >= 0.3 is 11.9 Å². The molecule has 2 atom stereocenters. The molecular formula is C8H10ClNO5. The average molecular weight is 236 g/mol. The Kier molecular flexibility index (Phi) is 4.05. The molecule has 0 amide bonds. The Morgan fingerprint density at radius 2 is 2.27 bits per heavy atom. The van der Waals surface area contributed by atoms with Gasteiger partial charge in [0.1, 0.15) is 12.3 Å². The van der Waals surface area contributed by atoms with Gasteiger partial charge in [0.05, 0.1) is 7.11 Å². The standard InChI is InChI=1S/C8H10ClNO5/c1-13-4(11)3-10-6-5(9)7(12)15-8(6)14-2/h5,8H,3H2,1-2H3. The summed E-state index contributed by atoms with van der Waals surface area (Å²) in [5.74, 6) is -1.16. The molecule has 1 aliphatic heterocycles. The number of aliphatic imine (C=N–C) groups is 1. The third-order valence-electron chi connectivity index (χ3n) is 1.76. The Bertz CT molecular complexity index is 303. The number of hydrogen-bond acceptors (Lipinski definition) is 6. The third-order valence-corrected chi connectivity index (χ3v) is 2.17. The van der Waals surface area contributed by atoms with Gasteiger partial charge in [-0.1, -0.05) is 0 Å². The summed E-state index contributed by atoms with van der Waals surface area (Å²) in [7, 11) is 2.59. The Labute approximate surface area is 91.2 Å². The van der Waals surface area contributed by atoms with Crippen molar-refractivity contribution in [3.05, 3.63) is 0 Å². The van der Waals surface area contributed by atoms with Crippen molar-refractivity contribution < 1.29 is 23.8 Å². The Morgan fingerprint density at radius 3 is 2.80 bits per heavy atom. The molecule has 0 aromatic rings. The molecule has 15 heavy (non-hydrogen) atoms. The number of nitrogens with zero attached hydrogens (tertiary/aromatic N) is 1. The van der Waals surface area contributed by atoms with E-state index in [1.165, 1.54) is 14.2 Å². The van der Waals surface area contributed by atoms with Crippen LogP contribution in [0.25, 0.3) is 0 Å². The summed E-state index contributed by atoms with van der Waals surface area (Å²) < 4.78 is 13.9. The number of ether oxygens (including phenoxy) is 3. The predicted octanol–water partition coefficient (Wildman–Crippen LogP) is -0.263. The predicted molar refractivity (Wildman–Crippen MR) is 50.8 cm³/mol. The van der Waals surface area contributed by atoms with Crippen LogP contribution in [0.4, 0.5) is 0 Å². The van der Waals surface area contributed by atoms with Crippen molar-refractivity contribution in [2.75, 3.05) is 20.8 Å². The number of hydrogen-bond donors (Lipinski definition) is 0. The molecule has 0 N–H and O–H groups in total. The van der Waals surface area contributed by atoms with Crippen LogP contribution in [0, 0.1) is 0 Å². The van der Waals surface area contributed by atoms with Crippen LogP contribution in [-0.2, 0) is 23.8 Å². The first kappa shape index (κ1) is 11.9. The minimum absolute atomic E-state index is 0.189. The SMILES string of the molecule is COC(=O)CN=C1C(OC)OC(=O)C1Cl. The molecule has 0 spiro atoms. The van der Waals surface area contributed by atoms with Crippen molar-refractivity contribution >= 4 is 29.3 Å². The van der Waals surface area contributed by atoms with Gasteiger partial charge < -0.3 is 14.2 Å². The summed E-state index contributed by atoms with van der Waals surface area (Å²) in [6, 6.07) is 0. The van der Waals surface area contributed by atoms with Gasteiger partial charge in [0, 0.05) is 7.11 Å². The van der Waals surface area contributed by atoms with Gasteiger partial charge in [-0.25, -0.2) is 4.79 Å². The van der Waals surface area contributed by atoms with Gasteiger partial charge in [0.25, 0.3) is 0 Å². The van der Waals surface area contributed by atoms with E-state index < -0.39 is 23.6 Å². The molecule has 1 aliphatic rings. The average Bonchev–Trinajstić information content (AvgIpc) is 2.52. The molecule has 6 nitrogen and oxygen atoms in total. The largest absolute Gasteiger partial charge is 0.468 e. The fourth-order valence-corrected chi connectivity index (χ4v) is 1.23. The van der Waals surface area contributed by atoms with E-state index in [0.717, 1.165) is 0 Å². The fraction of sp³-hybridized carbons (Fsp3) is 0.625. The highest BCUT2D eigenvalue weighted by Crippen LogP contribution is 2.18. The molecule has 0 saturated carbocycles. The number of halogens is 1. The summed E-state index contributed by atoms with van der Waals surface area (Å²) in [6.07, 6.45) is -0.912. The number of cyclic esters (lactones) is 1. The van der Waals surface area contributed by atoms with Crippen molar-refractivity contribution in [3.8, 4) is 0 Å². The van der Waals surface area contributed by atoms with Crippen molar-refractivity contribution in [1.82, 2.24) is 0 Å². The number of carbonyl (C=O) groups excluding carboxylic acids is 2. The second-order valence-electron chi connectivity index (χ2n) is 2.68. The maximum atomic E-state index is 11.0. The van der Waals surface area contributed by atoms with E-state index in [9.17, 15) is 9.59 Å². The molecule has 0 radical (unpaired) electrons. The quantitative estimate of drug-likeness (QED) is 0.498. The fourth-order valence-electron chi connectivity index (χ4n) is 1.01. The first-order valence-electron chi connectivity index (χ1n) is 4.08. The zero-order chi connectivity index (χ0) is 11.4. The van der Waals surface area contributed by atoms with Gasteiger partial charge in [-0.2, -0.15) is 0 Å². The summed E-state index contributed by atoms with van der Waals surface area (Å²) in [5.41, 5.74) is 0.189. The molecule has 2 unspecified atom stereocenters. The first-order chi connectivity index (χ1) is 7.10. The maximum absolute atomic E-state index is 11.0. The van der Waals surface area contributed by atoms with Crippen LogP contribution in [0.5, 0.6) is 0 Å². The van der Waals surface area contributed by atoms with Gasteiger partial charge in [0.15, 0.2) is 5.38 Å². The molecule has 0 aromatic carbocycles. The van der Waals surface area contributed by atoms with Crippen LogP contribution in [0.15, 0.2) is 4.99 Å². The lowest BCUT2D eigenvalue weighted by Gasteiger charge is -2.06. The maximum Gasteiger partial charge on any atom is 0.332 e. The van der Waals surface area contributed by atoms with E-state index in [4.69, 9.17) is 21.1 Å². The molecule has 1 saturated heterocycles. The van der Waals surface area contributed by atoms with E-state index in [1.54, 1.807) is 0 Å². The number of rotatable bonds is 3. The molecule has 0 aliphatic carbocycles. The number of alkyl halides is 1. The van der Waals surface area contributed by atoms with E-state index in [2.05, 4.69) is 9.73 Å². The van der Waals surface area contributed by atoms with Crippen LogP contribution in [0.1, 0.15) is 0 Å². The highest BCUT2D eigenvalue weighted by atomic mass is 35.5. The second-order valence-corrected chi connectivity index (χ2v) is 3.12. The Hall–Kier alpha value is -1.14. The van der Waals surface area contributed by atoms with Gasteiger partial charge in [-0.3, -0.25) is 9.79 Å². The van der Waals surface area contributed by atoms with E-state index >= 15 is 0 Å². The molecule has 0 aromatic heterocycles. The van der Waals surface area contributed by atoms with Gasteiger partial charge in [-0.05, 0) is 0 Å². The highest BCUT2D eigenvalue weighted by Gasteiger charge is 2.40. The summed E-state index contributed by atoms with van der Waals surface area (Å²) in [5, 5.41) is -1.00. The van der Waals surface area contributed by atoms with Crippen molar-refractivity contribution in [3.63, 3.8) is 0 Å².